The highest BCUT2D eigenvalue weighted by atomic mass is 16.7. The summed E-state index contributed by atoms with van der Waals surface area (Å²) >= 11 is 0. The molecular weight excluding hydrogens is 174 g/mol. The number of aliphatic hydroxyl groups is 1. The average molecular weight is 185 g/mol. The van der Waals surface area contributed by atoms with Crippen molar-refractivity contribution in [2.75, 3.05) is 13.2 Å². The van der Waals surface area contributed by atoms with Crippen LogP contribution in [0.1, 0.15) is 0 Å². The molecule has 1 fully saturated rings. The molecule has 1 aliphatic heterocycles. The Morgan fingerprint density at radius 1 is 1.62 bits per heavy atom. The Morgan fingerprint density at radius 3 is 3.15 bits per heavy atom. The van der Waals surface area contributed by atoms with Gasteiger partial charge in [0.15, 0.2) is 6.29 Å². The minimum absolute atomic E-state index is 0.00609. The van der Waals surface area contributed by atoms with Crippen molar-refractivity contribution in [3.05, 3.63) is 12.7 Å². The quantitative estimate of drug-likeness (QED) is 0.655. The third kappa shape index (κ3) is 2.03. The van der Waals surface area contributed by atoms with Gasteiger partial charge in [0, 0.05) is 0 Å². The molecule has 6 heteroatoms. The summed E-state index contributed by atoms with van der Waals surface area (Å²) in [6, 6.07) is 0. The van der Waals surface area contributed by atoms with Crippen molar-refractivity contribution in [1.29, 1.82) is 0 Å². The molecule has 0 amide bonds. The number of aromatic nitrogens is 3. The minimum Gasteiger partial charge on any atom is -0.394 e. The monoisotopic (exact) mass is 185 g/mol. The number of hydrogen-bond donors (Lipinski definition) is 1. The molecule has 1 aliphatic rings. The van der Waals surface area contributed by atoms with Crippen molar-refractivity contribution >= 4 is 0 Å². The second-order valence-electron chi connectivity index (χ2n) is 2.82. The molecule has 2 atom stereocenters. The first-order chi connectivity index (χ1) is 6.38. The Labute approximate surface area is 75.1 Å². The summed E-state index contributed by atoms with van der Waals surface area (Å²) < 4.78 is 12.2. The van der Waals surface area contributed by atoms with Gasteiger partial charge in [-0.05, 0) is 0 Å². The summed E-state index contributed by atoms with van der Waals surface area (Å²) in [6.45, 7) is 0.945. The maximum absolute atomic E-state index is 8.77. The molecule has 0 spiro atoms. The Bertz CT molecular complexity index is 251. The van der Waals surface area contributed by atoms with E-state index in [4.69, 9.17) is 14.6 Å². The molecule has 0 saturated carbocycles. The van der Waals surface area contributed by atoms with E-state index < -0.39 is 0 Å². The molecule has 2 rings (SSSR count). The highest BCUT2D eigenvalue weighted by Gasteiger charge is 2.25. The van der Waals surface area contributed by atoms with Gasteiger partial charge in [0.2, 0.25) is 0 Å². The van der Waals surface area contributed by atoms with Crippen LogP contribution in [0.4, 0.5) is 0 Å². The predicted molar refractivity (Wildman–Crippen MR) is 41.7 cm³/mol. The van der Waals surface area contributed by atoms with Crippen LogP contribution < -0.4 is 0 Å². The Kier molecular flexibility index (Phi) is 2.53. The lowest BCUT2D eigenvalue weighted by molar-refractivity contribution is -0.0759. The van der Waals surface area contributed by atoms with Crippen molar-refractivity contribution in [3.8, 4) is 0 Å². The number of rotatable bonds is 3. The summed E-state index contributed by atoms with van der Waals surface area (Å²) in [6.07, 6.45) is 2.53. The van der Waals surface area contributed by atoms with Crippen LogP contribution in [0.2, 0.25) is 0 Å². The highest BCUT2D eigenvalue weighted by Crippen LogP contribution is 2.11. The maximum atomic E-state index is 8.77. The topological polar surface area (TPSA) is 69.4 Å². The van der Waals surface area contributed by atoms with Gasteiger partial charge in [0.1, 0.15) is 18.8 Å². The lowest BCUT2D eigenvalue weighted by Gasteiger charge is -2.09. The molecule has 1 N–H and O–H groups in total. The molecule has 0 aliphatic carbocycles. The normalized spacial score (nSPS) is 28.1. The van der Waals surface area contributed by atoms with Crippen molar-refractivity contribution in [3.63, 3.8) is 0 Å². The second-order valence-corrected chi connectivity index (χ2v) is 2.82. The van der Waals surface area contributed by atoms with Crippen LogP contribution in [0.3, 0.4) is 0 Å². The standard InChI is InChI=1S/C7H11N3O3/c11-2-6-3-12-7(13-6)1-10-5-8-4-9-10/h4-7,11H,1-3H2. The Hall–Kier alpha value is -0.980. The number of nitrogens with zero attached hydrogens (tertiary/aromatic N) is 3. The third-order valence-electron chi connectivity index (χ3n) is 1.82. The summed E-state index contributed by atoms with van der Waals surface area (Å²) in [5.74, 6) is 0. The van der Waals surface area contributed by atoms with E-state index in [0.717, 1.165) is 0 Å². The minimum atomic E-state index is -0.321. The smallest absolute Gasteiger partial charge is 0.177 e. The fraction of sp³-hybridized carbons (Fsp3) is 0.714. The van der Waals surface area contributed by atoms with Crippen LogP contribution in [-0.4, -0.2) is 45.5 Å². The zero-order valence-electron chi connectivity index (χ0n) is 7.04. The molecule has 2 unspecified atom stereocenters. The van der Waals surface area contributed by atoms with Crippen molar-refractivity contribution < 1.29 is 14.6 Å². The fourth-order valence-corrected chi connectivity index (χ4v) is 1.18. The lowest BCUT2D eigenvalue weighted by atomic mass is 10.4. The van der Waals surface area contributed by atoms with Gasteiger partial charge in [-0.3, -0.25) is 0 Å². The van der Waals surface area contributed by atoms with E-state index in [1.165, 1.54) is 6.33 Å². The van der Waals surface area contributed by atoms with Gasteiger partial charge in [0.05, 0.1) is 19.8 Å². The van der Waals surface area contributed by atoms with Crippen LogP contribution in [0.25, 0.3) is 0 Å². The van der Waals surface area contributed by atoms with E-state index in [-0.39, 0.29) is 19.0 Å². The maximum Gasteiger partial charge on any atom is 0.177 e. The zero-order chi connectivity index (χ0) is 9.10. The second kappa shape index (κ2) is 3.82. The average Bonchev–Trinajstić information content (AvgIpc) is 2.76. The van der Waals surface area contributed by atoms with Crippen molar-refractivity contribution in [1.82, 2.24) is 14.8 Å². The van der Waals surface area contributed by atoms with E-state index in [2.05, 4.69) is 10.1 Å². The summed E-state index contributed by atoms with van der Waals surface area (Å²) in [4.78, 5) is 3.79. The molecular formula is C7H11N3O3. The first-order valence-corrected chi connectivity index (χ1v) is 4.09. The van der Waals surface area contributed by atoms with Gasteiger partial charge in [-0.1, -0.05) is 0 Å². The first kappa shape index (κ1) is 8.61. The number of aliphatic hydroxyl groups excluding tert-OH is 1. The summed E-state index contributed by atoms with van der Waals surface area (Å²) in [5.41, 5.74) is 0. The summed E-state index contributed by atoms with van der Waals surface area (Å²) in [7, 11) is 0. The van der Waals surface area contributed by atoms with E-state index >= 15 is 0 Å². The van der Waals surface area contributed by atoms with Crippen molar-refractivity contribution in [2.45, 2.75) is 18.9 Å². The molecule has 72 valence electrons. The zero-order valence-corrected chi connectivity index (χ0v) is 7.04. The van der Waals surface area contributed by atoms with Gasteiger partial charge in [-0.25, -0.2) is 9.67 Å². The fourth-order valence-electron chi connectivity index (χ4n) is 1.18. The van der Waals surface area contributed by atoms with Crippen LogP contribution >= 0.6 is 0 Å². The van der Waals surface area contributed by atoms with Crippen LogP contribution in [0.15, 0.2) is 12.7 Å². The van der Waals surface area contributed by atoms with Crippen molar-refractivity contribution in [2.24, 2.45) is 0 Å². The SMILES string of the molecule is OCC1COC(Cn2cncn2)O1. The van der Waals surface area contributed by atoms with Gasteiger partial charge in [0.25, 0.3) is 0 Å². The van der Waals surface area contributed by atoms with Gasteiger partial charge < -0.3 is 14.6 Å². The molecule has 1 aromatic heterocycles. The molecule has 6 nitrogen and oxygen atoms in total. The summed E-state index contributed by atoms with van der Waals surface area (Å²) in [5, 5.41) is 12.7. The predicted octanol–water partition coefficient (Wildman–Crippen LogP) is -0.988. The van der Waals surface area contributed by atoms with Crippen LogP contribution in [0.5, 0.6) is 0 Å². The first-order valence-electron chi connectivity index (χ1n) is 4.09. The van der Waals surface area contributed by atoms with Gasteiger partial charge in [-0.2, -0.15) is 5.10 Å². The van der Waals surface area contributed by atoms with E-state index in [1.807, 2.05) is 0 Å². The molecule has 1 saturated heterocycles. The Balaban J connectivity index is 1.84. The van der Waals surface area contributed by atoms with E-state index in [0.29, 0.717) is 13.2 Å². The van der Waals surface area contributed by atoms with Gasteiger partial charge in [-0.15, -0.1) is 0 Å². The largest absolute Gasteiger partial charge is 0.394 e. The lowest BCUT2D eigenvalue weighted by Crippen LogP contribution is -2.20. The van der Waals surface area contributed by atoms with Crippen LogP contribution in [0, 0.1) is 0 Å². The highest BCUT2D eigenvalue weighted by molar-refractivity contribution is 4.65. The Morgan fingerprint density at radius 2 is 2.54 bits per heavy atom. The molecule has 0 aromatic carbocycles. The molecule has 0 bridgehead atoms. The van der Waals surface area contributed by atoms with Crippen LogP contribution in [-0.2, 0) is 16.0 Å². The number of ether oxygens (including phenoxy) is 2. The number of hydrogen-bond acceptors (Lipinski definition) is 5. The third-order valence-corrected chi connectivity index (χ3v) is 1.82. The molecule has 13 heavy (non-hydrogen) atoms. The van der Waals surface area contributed by atoms with Gasteiger partial charge >= 0.3 is 0 Å². The van der Waals surface area contributed by atoms with E-state index in [1.54, 1.807) is 11.0 Å². The van der Waals surface area contributed by atoms with E-state index in [9.17, 15) is 0 Å². The molecule has 1 aromatic rings. The molecule has 2 heterocycles. The molecule has 0 radical (unpaired) electrons.